The van der Waals surface area contributed by atoms with E-state index in [9.17, 15) is 5.11 Å². The van der Waals surface area contributed by atoms with Crippen molar-refractivity contribution in [3.8, 4) is 40.6 Å². The summed E-state index contributed by atoms with van der Waals surface area (Å²) in [5.74, 6) is 16.5. The van der Waals surface area contributed by atoms with E-state index in [1.54, 1.807) is 0 Å². The Kier molecular flexibility index (Phi) is 34.1. The first-order valence-corrected chi connectivity index (χ1v) is 41.2. The SMILES string of the molecule is CC(C)=CCCC1(C)C=Cc2ccc(C(C)C(C)CCC(C)(C)C)cc2O1.CC(C)=CCCC1(C)CCc2c(C)cc(C(C)C(C)CC(C)C)cc2O1.CCC#CC(C)C(C)c1cc(C)c2c(c1)OC(C)(CCC=C(C)C)C=C2.CCC(C)C(C)C(C)c1cc(O)c2c(c1)OC(C)(CCC=C(C)C)C=C2. The van der Waals surface area contributed by atoms with E-state index in [1.807, 2.05) is 12.1 Å². The van der Waals surface area contributed by atoms with Gasteiger partial charge in [0.2, 0.25) is 0 Å². The minimum absolute atomic E-state index is 0.0310. The summed E-state index contributed by atoms with van der Waals surface area (Å²) in [5, 5.41) is 10.5. The third-order valence-corrected chi connectivity index (χ3v) is 23.5. The zero-order valence-electron chi connectivity index (χ0n) is 72.4. The van der Waals surface area contributed by atoms with Crippen molar-refractivity contribution in [1.29, 1.82) is 0 Å². The summed E-state index contributed by atoms with van der Waals surface area (Å²) in [7, 11) is 0. The fourth-order valence-electron chi connectivity index (χ4n) is 14.9. The smallest absolute Gasteiger partial charge is 0.131 e. The molecular weight excluding hydrogens is 1280 g/mol. The molecule has 8 rings (SSSR count). The molecule has 0 spiro atoms. The lowest BCUT2D eigenvalue weighted by Gasteiger charge is -2.37. The van der Waals surface area contributed by atoms with Crippen LogP contribution in [0.2, 0.25) is 0 Å². The topological polar surface area (TPSA) is 57.2 Å². The van der Waals surface area contributed by atoms with E-state index in [2.05, 4.69) is 323 Å². The maximum Gasteiger partial charge on any atom is 0.131 e. The lowest BCUT2D eigenvalue weighted by Crippen LogP contribution is -2.36. The lowest BCUT2D eigenvalue weighted by molar-refractivity contribution is 0.0568. The van der Waals surface area contributed by atoms with Crippen LogP contribution in [0.1, 0.15) is 363 Å². The van der Waals surface area contributed by atoms with Crippen LogP contribution < -0.4 is 18.9 Å². The zero-order valence-corrected chi connectivity index (χ0v) is 72.4. The van der Waals surface area contributed by atoms with Gasteiger partial charge < -0.3 is 24.1 Å². The third kappa shape index (κ3) is 28.0. The van der Waals surface area contributed by atoms with Gasteiger partial charge in [0.1, 0.15) is 51.2 Å². The third-order valence-electron chi connectivity index (χ3n) is 23.5. The van der Waals surface area contributed by atoms with Gasteiger partial charge in [0.05, 0.1) is 5.56 Å². The molecule has 5 nitrogen and oxygen atoms in total. The number of phenolic OH excluding ortho intramolecular Hbond substituents is 1. The van der Waals surface area contributed by atoms with Gasteiger partial charge in [0.25, 0.3) is 0 Å². The molecule has 13 unspecified atom stereocenters. The van der Waals surface area contributed by atoms with Gasteiger partial charge in [-0.15, -0.1) is 5.92 Å². The summed E-state index contributed by atoms with van der Waals surface area (Å²) in [6.07, 6.45) is 38.6. The number of hydrogen-bond acceptors (Lipinski definition) is 5. The number of allylic oxidation sites excluding steroid dienone is 8. The van der Waals surface area contributed by atoms with E-state index < -0.39 is 0 Å². The van der Waals surface area contributed by atoms with Crippen molar-refractivity contribution in [2.24, 2.45) is 40.9 Å². The second kappa shape index (κ2) is 40.2. The first kappa shape index (κ1) is 89.2. The van der Waals surface area contributed by atoms with Crippen molar-refractivity contribution in [3.63, 3.8) is 0 Å². The van der Waals surface area contributed by atoms with Crippen molar-refractivity contribution in [3.05, 3.63) is 175 Å². The van der Waals surface area contributed by atoms with Crippen molar-refractivity contribution in [1.82, 2.24) is 0 Å². The molecule has 0 aromatic heterocycles. The van der Waals surface area contributed by atoms with Gasteiger partial charge in [0, 0.05) is 23.5 Å². The molecule has 4 aromatic carbocycles. The molecule has 0 bridgehead atoms. The highest BCUT2D eigenvalue weighted by Crippen LogP contribution is 2.46. The average molecular weight is 1430 g/mol. The molecule has 4 aliphatic rings. The fraction of sp³-hybridized carbons (Fsp3) is 0.600. The van der Waals surface area contributed by atoms with Crippen molar-refractivity contribution >= 4 is 18.2 Å². The quantitative estimate of drug-likeness (QED) is 0.0502. The van der Waals surface area contributed by atoms with Crippen LogP contribution in [-0.2, 0) is 6.42 Å². The molecule has 105 heavy (non-hydrogen) atoms. The lowest BCUT2D eigenvalue weighted by atomic mass is 9.79. The van der Waals surface area contributed by atoms with Crippen LogP contribution in [0.4, 0.5) is 0 Å². The second-order valence-electron chi connectivity index (χ2n) is 36.4. The van der Waals surface area contributed by atoms with Gasteiger partial charge in [-0.1, -0.05) is 206 Å². The van der Waals surface area contributed by atoms with E-state index in [1.165, 1.54) is 92.5 Å². The molecule has 0 amide bonds. The molecule has 4 aromatic rings. The van der Waals surface area contributed by atoms with E-state index in [0.29, 0.717) is 64.4 Å². The van der Waals surface area contributed by atoms with E-state index in [4.69, 9.17) is 18.9 Å². The standard InChI is InChI=1S/C26H40O.C25H40O.C25H34O.C24H36O2/c1-19(2)10-9-15-26(8)17-14-22-11-12-23(18-24(22)27-26)21(4)20(3)13-16-25(5,6)7;1-17(2)10-9-12-25(8)13-11-23-20(6)15-22(16-24(23)26-25)21(7)19(5)14-18(3)4;1-8-9-12-19(4)21(6)22-16-20(5)23-13-15-25(7,26-24(23)17-22)14-10-11-18(2)3;1-8-17(4)18(5)19(6)20-14-22(25)21-11-13-24(7,26-23(21)15-20)12-9-10-16(2)3/h10-12,14,17-18,20-21H,9,13,15-16H2,1-8H3;10,15-16,18-19,21H,9,11-14H2,1-8H3;11,13,15-17,19,21H,8,10,14H2,1-7H3;10-11,13-15,17-19,25H,8-9,12H2,1-7H3. The minimum atomic E-state index is -0.324. The normalized spacial score (nSPS) is 21.3. The summed E-state index contributed by atoms with van der Waals surface area (Å²) < 4.78 is 25.9. The van der Waals surface area contributed by atoms with Crippen LogP contribution in [0.15, 0.2) is 119 Å². The van der Waals surface area contributed by atoms with Gasteiger partial charge in [0.15, 0.2) is 0 Å². The molecule has 4 heterocycles. The Hall–Kier alpha value is -6.38. The Labute approximate surface area is 645 Å². The molecule has 0 radical (unpaired) electrons. The summed E-state index contributed by atoms with van der Waals surface area (Å²) in [6.45, 7) is 67.3. The molecule has 4 aliphatic heterocycles. The summed E-state index contributed by atoms with van der Waals surface area (Å²) in [5.41, 5.74) is 17.7. The van der Waals surface area contributed by atoms with Crippen LogP contribution in [0.25, 0.3) is 18.2 Å². The van der Waals surface area contributed by atoms with E-state index >= 15 is 0 Å². The molecule has 0 saturated heterocycles. The van der Waals surface area contributed by atoms with Gasteiger partial charge in [-0.05, 0) is 333 Å². The maximum absolute atomic E-state index is 10.5. The van der Waals surface area contributed by atoms with Crippen LogP contribution in [0.5, 0.6) is 28.7 Å². The minimum Gasteiger partial charge on any atom is -0.507 e. The average Bonchev–Trinajstić information content (AvgIpc) is 0.795. The Bertz CT molecular complexity index is 3730. The number of benzene rings is 4. The van der Waals surface area contributed by atoms with Gasteiger partial charge in [-0.2, -0.15) is 0 Å². The highest BCUT2D eigenvalue weighted by Gasteiger charge is 2.35. The van der Waals surface area contributed by atoms with Crippen molar-refractivity contribution in [2.45, 2.75) is 350 Å². The Balaban J connectivity index is 0.000000251. The molecule has 580 valence electrons. The molecule has 0 saturated carbocycles. The van der Waals surface area contributed by atoms with Crippen molar-refractivity contribution in [2.75, 3.05) is 0 Å². The monoisotopic (exact) mass is 1430 g/mol. The van der Waals surface area contributed by atoms with E-state index in [-0.39, 0.29) is 22.4 Å². The number of fused-ring (bicyclic) bond motifs is 4. The summed E-state index contributed by atoms with van der Waals surface area (Å²) in [6, 6.07) is 20.2. The first-order valence-electron chi connectivity index (χ1n) is 41.2. The highest BCUT2D eigenvalue weighted by atomic mass is 16.5. The van der Waals surface area contributed by atoms with Crippen LogP contribution >= 0.6 is 0 Å². The van der Waals surface area contributed by atoms with Gasteiger partial charge >= 0.3 is 0 Å². The highest BCUT2D eigenvalue weighted by molar-refractivity contribution is 5.69. The molecule has 5 heteroatoms. The number of hydrogen-bond donors (Lipinski definition) is 1. The second-order valence-corrected chi connectivity index (χ2v) is 36.4. The van der Waals surface area contributed by atoms with Crippen LogP contribution in [-0.4, -0.2) is 27.5 Å². The number of aromatic hydroxyl groups is 1. The van der Waals surface area contributed by atoms with Gasteiger partial charge in [-0.3, -0.25) is 0 Å². The molecule has 13 atom stereocenters. The largest absolute Gasteiger partial charge is 0.507 e. The molecule has 0 fully saturated rings. The summed E-state index contributed by atoms with van der Waals surface area (Å²) >= 11 is 0. The molecular formula is C100H150O5. The Morgan fingerprint density at radius 2 is 0.962 bits per heavy atom. The Morgan fingerprint density at radius 3 is 1.48 bits per heavy atom. The summed E-state index contributed by atoms with van der Waals surface area (Å²) in [4.78, 5) is 0. The van der Waals surface area contributed by atoms with Crippen LogP contribution in [0.3, 0.4) is 0 Å². The van der Waals surface area contributed by atoms with Gasteiger partial charge in [-0.25, -0.2) is 0 Å². The number of phenols is 1. The predicted octanol–water partition coefficient (Wildman–Crippen LogP) is 29.9. The molecule has 1 N–H and O–H groups in total. The first-order chi connectivity index (χ1) is 49.0. The van der Waals surface area contributed by atoms with Crippen LogP contribution in [0, 0.1) is 66.6 Å². The zero-order chi connectivity index (χ0) is 78.5. The van der Waals surface area contributed by atoms with E-state index in [0.717, 1.165) is 111 Å². The Morgan fingerprint density at radius 1 is 0.505 bits per heavy atom. The predicted molar refractivity (Wildman–Crippen MR) is 459 cm³/mol. The number of ether oxygens (including phenoxy) is 4. The number of rotatable bonds is 26. The maximum atomic E-state index is 10.5. The van der Waals surface area contributed by atoms with Crippen molar-refractivity contribution < 1.29 is 24.1 Å². The fourth-order valence-corrected chi connectivity index (χ4v) is 14.9. The number of aryl methyl sites for hydroxylation is 2. The molecule has 0 aliphatic carbocycles.